The van der Waals surface area contributed by atoms with Crippen molar-refractivity contribution in [2.45, 2.75) is 25.8 Å². The molecule has 1 fully saturated rings. The molecule has 11 heavy (non-hydrogen) atoms. The zero-order valence-electron chi connectivity index (χ0n) is 6.45. The number of rotatable bonds is 2. The highest BCUT2D eigenvalue weighted by Crippen LogP contribution is 2.38. The fourth-order valence-electron chi connectivity index (χ4n) is 1.12. The normalized spacial score (nSPS) is 20.2. The molecule has 1 saturated carbocycles. The van der Waals surface area contributed by atoms with Crippen molar-refractivity contribution in [1.82, 2.24) is 10.1 Å². The van der Waals surface area contributed by atoms with Crippen LogP contribution in [0.15, 0.2) is 4.52 Å². The monoisotopic (exact) mass is 153 g/mol. The molecule has 4 nitrogen and oxygen atoms in total. The standard InChI is InChI=1S/C7H11N3O/c1-4-9-7(10-11-4)6(8)5-2-3-5/h5-6H,2-3,8H2,1H3. The van der Waals surface area contributed by atoms with Gasteiger partial charge in [-0.25, -0.2) is 0 Å². The topological polar surface area (TPSA) is 64.9 Å². The van der Waals surface area contributed by atoms with Crippen molar-refractivity contribution in [2.75, 3.05) is 0 Å². The highest BCUT2D eigenvalue weighted by Gasteiger charge is 2.32. The highest BCUT2D eigenvalue weighted by molar-refractivity contribution is 4.98. The third kappa shape index (κ3) is 1.26. The van der Waals surface area contributed by atoms with Crippen LogP contribution >= 0.6 is 0 Å². The molecule has 1 unspecified atom stereocenters. The molecule has 0 bridgehead atoms. The molecular formula is C7H11N3O. The van der Waals surface area contributed by atoms with Gasteiger partial charge < -0.3 is 10.3 Å². The number of nitrogens with zero attached hydrogens (tertiary/aromatic N) is 2. The van der Waals surface area contributed by atoms with Crippen LogP contribution in [-0.4, -0.2) is 10.1 Å². The van der Waals surface area contributed by atoms with Gasteiger partial charge in [0.2, 0.25) is 5.89 Å². The Bertz CT molecular complexity index is 254. The van der Waals surface area contributed by atoms with E-state index in [-0.39, 0.29) is 6.04 Å². The summed E-state index contributed by atoms with van der Waals surface area (Å²) in [6.45, 7) is 1.77. The summed E-state index contributed by atoms with van der Waals surface area (Å²) in [7, 11) is 0. The molecule has 0 aromatic carbocycles. The Hall–Kier alpha value is -0.900. The van der Waals surface area contributed by atoms with Crippen molar-refractivity contribution >= 4 is 0 Å². The van der Waals surface area contributed by atoms with Gasteiger partial charge in [0.1, 0.15) is 0 Å². The maximum atomic E-state index is 5.83. The predicted molar refractivity (Wildman–Crippen MR) is 38.7 cm³/mol. The van der Waals surface area contributed by atoms with Gasteiger partial charge in [0.15, 0.2) is 5.82 Å². The number of aromatic nitrogens is 2. The van der Waals surface area contributed by atoms with Crippen LogP contribution in [-0.2, 0) is 0 Å². The van der Waals surface area contributed by atoms with Crippen molar-refractivity contribution in [3.8, 4) is 0 Å². The minimum absolute atomic E-state index is 0.00699. The minimum Gasteiger partial charge on any atom is -0.340 e. The van der Waals surface area contributed by atoms with E-state index in [1.807, 2.05) is 0 Å². The number of hydrogen-bond acceptors (Lipinski definition) is 4. The number of nitrogens with two attached hydrogens (primary N) is 1. The van der Waals surface area contributed by atoms with Gasteiger partial charge >= 0.3 is 0 Å². The second-order valence-electron chi connectivity index (χ2n) is 3.03. The molecule has 1 aromatic rings. The molecule has 60 valence electrons. The number of aryl methyl sites for hydroxylation is 1. The van der Waals surface area contributed by atoms with Crippen LogP contribution in [0, 0.1) is 12.8 Å². The first-order chi connectivity index (χ1) is 5.27. The van der Waals surface area contributed by atoms with Gasteiger partial charge in [-0.05, 0) is 18.8 Å². The number of hydrogen-bond donors (Lipinski definition) is 1. The summed E-state index contributed by atoms with van der Waals surface area (Å²) in [4.78, 5) is 4.07. The van der Waals surface area contributed by atoms with Crippen LogP contribution in [0.25, 0.3) is 0 Å². The molecule has 0 spiro atoms. The molecule has 1 aliphatic rings. The predicted octanol–water partition coefficient (Wildman–Crippen LogP) is 0.788. The largest absolute Gasteiger partial charge is 0.340 e. The third-order valence-electron chi connectivity index (χ3n) is 1.97. The van der Waals surface area contributed by atoms with Crippen LogP contribution in [0.1, 0.15) is 30.6 Å². The van der Waals surface area contributed by atoms with Gasteiger partial charge in [0, 0.05) is 6.92 Å². The second kappa shape index (κ2) is 2.30. The van der Waals surface area contributed by atoms with Crippen LogP contribution in [0.2, 0.25) is 0 Å². The highest BCUT2D eigenvalue weighted by atomic mass is 16.5. The lowest BCUT2D eigenvalue weighted by atomic mass is 10.2. The first-order valence-corrected chi connectivity index (χ1v) is 3.83. The SMILES string of the molecule is Cc1nc(C(N)C2CC2)no1. The summed E-state index contributed by atoms with van der Waals surface area (Å²) in [5.41, 5.74) is 5.83. The fourth-order valence-corrected chi connectivity index (χ4v) is 1.12. The molecular weight excluding hydrogens is 142 g/mol. The Kier molecular flexibility index (Phi) is 1.42. The summed E-state index contributed by atoms with van der Waals surface area (Å²) in [6.07, 6.45) is 2.41. The van der Waals surface area contributed by atoms with E-state index in [9.17, 15) is 0 Å². The van der Waals surface area contributed by atoms with E-state index in [1.54, 1.807) is 6.92 Å². The van der Waals surface area contributed by atoms with Crippen LogP contribution in [0.5, 0.6) is 0 Å². The molecule has 1 aromatic heterocycles. The summed E-state index contributed by atoms with van der Waals surface area (Å²) < 4.78 is 4.82. The smallest absolute Gasteiger partial charge is 0.223 e. The molecule has 4 heteroatoms. The van der Waals surface area contributed by atoms with Gasteiger partial charge in [-0.3, -0.25) is 0 Å². The van der Waals surface area contributed by atoms with E-state index in [0.717, 1.165) is 0 Å². The first-order valence-electron chi connectivity index (χ1n) is 3.83. The Morgan fingerprint density at radius 3 is 2.82 bits per heavy atom. The van der Waals surface area contributed by atoms with Crippen molar-refractivity contribution in [1.29, 1.82) is 0 Å². The zero-order chi connectivity index (χ0) is 7.84. The fraction of sp³-hybridized carbons (Fsp3) is 0.714. The molecule has 0 saturated heterocycles. The zero-order valence-corrected chi connectivity index (χ0v) is 6.45. The maximum Gasteiger partial charge on any atom is 0.223 e. The van der Waals surface area contributed by atoms with Crippen LogP contribution in [0.3, 0.4) is 0 Å². The Morgan fingerprint density at radius 2 is 2.36 bits per heavy atom. The van der Waals surface area contributed by atoms with Gasteiger partial charge in [0.05, 0.1) is 6.04 Å². The van der Waals surface area contributed by atoms with Crippen molar-refractivity contribution in [2.24, 2.45) is 11.7 Å². The molecule has 1 aliphatic carbocycles. The molecule has 0 aliphatic heterocycles. The quantitative estimate of drug-likeness (QED) is 0.682. The maximum absolute atomic E-state index is 5.83. The first kappa shape index (κ1) is 6.79. The summed E-state index contributed by atoms with van der Waals surface area (Å²) in [5, 5.41) is 3.77. The molecule has 2 N–H and O–H groups in total. The van der Waals surface area contributed by atoms with Crippen molar-refractivity contribution in [3.63, 3.8) is 0 Å². The van der Waals surface area contributed by atoms with Crippen LogP contribution in [0.4, 0.5) is 0 Å². The summed E-state index contributed by atoms with van der Waals surface area (Å²) >= 11 is 0. The molecule has 0 radical (unpaired) electrons. The van der Waals surface area contributed by atoms with E-state index in [0.29, 0.717) is 17.6 Å². The van der Waals surface area contributed by atoms with Crippen LogP contribution < -0.4 is 5.73 Å². The lowest BCUT2D eigenvalue weighted by Crippen LogP contribution is -2.13. The van der Waals surface area contributed by atoms with Crippen molar-refractivity contribution < 1.29 is 4.52 Å². The van der Waals surface area contributed by atoms with Crippen molar-refractivity contribution in [3.05, 3.63) is 11.7 Å². The molecule has 2 rings (SSSR count). The van der Waals surface area contributed by atoms with E-state index in [1.165, 1.54) is 12.8 Å². The van der Waals surface area contributed by atoms with Gasteiger partial charge in [-0.15, -0.1) is 0 Å². The van der Waals surface area contributed by atoms with Gasteiger partial charge in [-0.1, -0.05) is 5.16 Å². The molecule has 1 atom stereocenters. The van der Waals surface area contributed by atoms with Gasteiger partial charge in [0.25, 0.3) is 0 Å². The molecule has 0 amide bonds. The van der Waals surface area contributed by atoms with E-state index in [4.69, 9.17) is 10.3 Å². The van der Waals surface area contributed by atoms with E-state index >= 15 is 0 Å². The third-order valence-corrected chi connectivity index (χ3v) is 1.97. The average molecular weight is 153 g/mol. The van der Waals surface area contributed by atoms with E-state index in [2.05, 4.69) is 10.1 Å². The average Bonchev–Trinajstić information content (AvgIpc) is 2.74. The molecule has 1 heterocycles. The van der Waals surface area contributed by atoms with E-state index < -0.39 is 0 Å². The van der Waals surface area contributed by atoms with Gasteiger partial charge in [-0.2, -0.15) is 4.98 Å². The minimum atomic E-state index is -0.00699. The summed E-state index contributed by atoms with van der Waals surface area (Å²) in [6, 6.07) is -0.00699. The Morgan fingerprint density at radius 1 is 1.64 bits per heavy atom. The lowest BCUT2D eigenvalue weighted by Gasteiger charge is -2.01. The Balaban J connectivity index is 2.14. The second-order valence-corrected chi connectivity index (χ2v) is 3.03. The Labute approximate surface area is 64.8 Å². The summed E-state index contributed by atoms with van der Waals surface area (Å²) in [5.74, 6) is 1.84. The lowest BCUT2D eigenvalue weighted by molar-refractivity contribution is 0.380.